The fourth-order valence-corrected chi connectivity index (χ4v) is 16.5. The summed E-state index contributed by atoms with van der Waals surface area (Å²) in [6, 6.07) is 0. The first-order chi connectivity index (χ1) is 5.19. The summed E-state index contributed by atoms with van der Waals surface area (Å²) in [5.74, 6) is 0. The van der Waals surface area contributed by atoms with Gasteiger partial charge in [-0.2, -0.15) is 0 Å². The molecule has 0 N–H and O–H groups in total. The minimum absolute atomic E-state index is 0.220. The fraction of sp³-hybridized carbons (Fsp3) is 0.857. The van der Waals surface area contributed by atoms with Crippen LogP contribution < -0.4 is 0 Å². The Bertz CT molecular complexity index is 159. The minimum atomic E-state index is -1.03. The Balaban J connectivity index is 4.83. The van der Waals surface area contributed by atoms with Crippen molar-refractivity contribution in [1.29, 1.82) is 0 Å². The van der Waals surface area contributed by atoms with E-state index >= 15 is 0 Å². The molecule has 0 saturated carbocycles. The monoisotopic (exact) mass is 234 g/mol. The molecule has 12 heavy (non-hydrogen) atoms. The Hall–Kier alpha value is 0.538. The smallest absolute Gasteiger partial charge is 0.189 e. The van der Waals surface area contributed by atoms with Gasteiger partial charge in [0.25, 0.3) is 0 Å². The number of hydrogen-bond acceptors (Lipinski definition) is 1. The van der Waals surface area contributed by atoms with Gasteiger partial charge in [-0.25, -0.2) is 0 Å². The highest BCUT2D eigenvalue weighted by atomic mass is 28.4. The molecule has 0 aliphatic rings. The van der Waals surface area contributed by atoms with Gasteiger partial charge in [-0.15, -0.1) is 0 Å². The molecule has 0 spiro atoms. The van der Waals surface area contributed by atoms with E-state index in [0.29, 0.717) is 0 Å². The zero-order valence-electron chi connectivity index (χ0n) is 9.49. The average molecular weight is 235 g/mol. The molecule has 1 nitrogen and oxygen atoms in total. The van der Waals surface area contributed by atoms with Crippen molar-refractivity contribution in [2.75, 3.05) is 0 Å². The van der Waals surface area contributed by atoms with Crippen LogP contribution in [0.15, 0.2) is 0 Å². The largest absolute Gasteiger partial charge is 0.614 e. The van der Waals surface area contributed by atoms with Crippen molar-refractivity contribution in [3.63, 3.8) is 0 Å². The summed E-state index contributed by atoms with van der Waals surface area (Å²) in [4.78, 5) is 0. The first-order valence-electron chi connectivity index (χ1n) is 4.43. The highest BCUT2D eigenvalue weighted by Gasteiger charge is 2.30. The van der Waals surface area contributed by atoms with Crippen LogP contribution in [0.2, 0.25) is 39.3 Å². The van der Waals surface area contributed by atoms with Gasteiger partial charge in [0.2, 0.25) is 0 Å². The second-order valence-corrected chi connectivity index (χ2v) is 19.7. The fourth-order valence-electron chi connectivity index (χ4n) is 1.60. The van der Waals surface area contributed by atoms with Gasteiger partial charge in [0.05, 0.1) is 16.1 Å². The van der Waals surface area contributed by atoms with Crippen molar-refractivity contribution >= 4 is 40.4 Å². The standard InChI is InChI=1S/C7H22OSi4/c1-11(2,3)7(10-8-9)12(4,5)6/h10H,1-6,9H3. The summed E-state index contributed by atoms with van der Waals surface area (Å²) in [6.45, 7) is 14.7. The third kappa shape index (κ3) is 3.97. The lowest BCUT2D eigenvalue weighted by Gasteiger charge is -2.30. The summed E-state index contributed by atoms with van der Waals surface area (Å²) in [7, 11) is -0.926. The maximum Gasteiger partial charge on any atom is 0.189 e. The molecule has 0 aliphatic heterocycles. The van der Waals surface area contributed by atoms with Crippen LogP contribution in [0.1, 0.15) is 0 Å². The van der Waals surface area contributed by atoms with Gasteiger partial charge < -0.3 is 4.12 Å². The number of hydrogen-bond donors (Lipinski definition) is 0. The van der Waals surface area contributed by atoms with Gasteiger partial charge in [-0.3, -0.25) is 0 Å². The van der Waals surface area contributed by atoms with Crippen molar-refractivity contribution in [1.82, 2.24) is 0 Å². The molecule has 0 bridgehead atoms. The highest BCUT2D eigenvalue weighted by molar-refractivity contribution is 7.38. The topological polar surface area (TPSA) is 9.23 Å². The van der Waals surface area contributed by atoms with Gasteiger partial charge in [-0.1, -0.05) is 43.7 Å². The lowest BCUT2D eigenvalue weighted by atomic mass is 11.7. The molecule has 0 aromatic heterocycles. The molecule has 0 aromatic rings. The molecular weight excluding hydrogens is 212 g/mol. The third-order valence-electron chi connectivity index (χ3n) is 1.85. The summed E-state index contributed by atoms with van der Waals surface area (Å²) in [5, 5.41) is 0. The Kier molecular flexibility index (Phi) is 4.35. The molecule has 0 aromatic carbocycles. The van der Waals surface area contributed by atoms with Crippen molar-refractivity contribution in [2.24, 2.45) is 0 Å². The summed E-state index contributed by atoms with van der Waals surface area (Å²) < 4.78 is 7.38. The quantitative estimate of drug-likeness (QED) is 0.649. The first kappa shape index (κ1) is 12.5. The zero-order chi connectivity index (χ0) is 9.99. The van der Waals surface area contributed by atoms with Crippen molar-refractivity contribution in [2.45, 2.75) is 39.3 Å². The summed E-state index contributed by atoms with van der Waals surface area (Å²) in [6.07, 6.45) is 0. The van der Waals surface area contributed by atoms with E-state index in [1.165, 1.54) is 0 Å². The molecule has 0 heterocycles. The molecule has 0 rings (SSSR count). The van der Waals surface area contributed by atoms with E-state index < -0.39 is 16.1 Å². The van der Waals surface area contributed by atoms with E-state index in [1.807, 2.05) is 4.42 Å². The molecule has 0 unspecified atom stereocenters. The van der Waals surface area contributed by atoms with Crippen molar-refractivity contribution < 1.29 is 4.12 Å². The van der Waals surface area contributed by atoms with Gasteiger partial charge in [0, 0.05) is 0 Å². The molecule has 72 valence electrons. The van der Waals surface area contributed by atoms with Gasteiger partial charge in [0.15, 0.2) is 19.9 Å². The SMILES string of the molecule is C[Si](C)(C)C(=[SiH]O[SiH3])[Si](C)(C)C. The van der Waals surface area contributed by atoms with Gasteiger partial charge >= 0.3 is 0 Å². The molecule has 0 amide bonds. The van der Waals surface area contributed by atoms with Crippen LogP contribution in [0.25, 0.3) is 0 Å². The second-order valence-electron chi connectivity index (χ2n) is 5.27. The Morgan fingerprint density at radius 2 is 1.33 bits per heavy atom. The van der Waals surface area contributed by atoms with Crippen LogP contribution in [-0.2, 0) is 4.12 Å². The molecule has 0 atom stereocenters. The van der Waals surface area contributed by atoms with Crippen LogP contribution in [0.4, 0.5) is 0 Å². The molecule has 5 heteroatoms. The Morgan fingerprint density at radius 1 is 1.00 bits per heavy atom. The molecule has 0 fully saturated rings. The van der Waals surface area contributed by atoms with Crippen LogP contribution in [0.3, 0.4) is 0 Å². The highest BCUT2D eigenvalue weighted by Crippen LogP contribution is 2.13. The van der Waals surface area contributed by atoms with E-state index in [-0.39, 0.29) is 9.38 Å². The lowest BCUT2D eigenvalue weighted by Crippen LogP contribution is -2.51. The maximum absolute atomic E-state index is 5.51. The predicted octanol–water partition coefficient (Wildman–Crippen LogP) is 0.562. The first-order valence-corrected chi connectivity index (χ1v) is 13.3. The molecule has 0 radical (unpaired) electrons. The zero-order valence-corrected chi connectivity index (χ0v) is 14.6. The van der Waals surface area contributed by atoms with Crippen molar-refractivity contribution in [3.05, 3.63) is 0 Å². The summed E-state index contributed by atoms with van der Waals surface area (Å²) in [5.41, 5.74) is 0. The van der Waals surface area contributed by atoms with Crippen LogP contribution in [0, 0.1) is 0 Å². The van der Waals surface area contributed by atoms with Gasteiger partial charge in [0.1, 0.15) is 0 Å². The number of rotatable bonds is 3. The second kappa shape index (κ2) is 4.17. The van der Waals surface area contributed by atoms with E-state index in [9.17, 15) is 0 Å². The van der Waals surface area contributed by atoms with Crippen LogP contribution >= 0.6 is 0 Å². The normalized spacial score (nSPS) is 12.8. The molecule has 0 saturated heterocycles. The predicted molar refractivity (Wildman–Crippen MR) is 69.9 cm³/mol. The van der Waals surface area contributed by atoms with E-state index in [4.69, 9.17) is 4.12 Å². The lowest BCUT2D eigenvalue weighted by molar-refractivity contribution is 0.685. The summed E-state index contributed by atoms with van der Waals surface area (Å²) >= 11 is 0. The Labute approximate surface area is 84.0 Å². The van der Waals surface area contributed by atoms with E-state index in [1.54, 1.807) is 0 Å². The van der Waals surface area contributed by atoms with Gasteiger partial charge in [-0.05, 0) is 0 Å². The molecular formula is C7H22OSi4. The maximum atomic E-state index is 5.51. The Morgan fingerprint density at radius 3 is 1.42 bits per heavy atom. The minimum Gasteiger partial charge on any atom is -0.614 e. The third-order valence-corrected chi connectivity index (χ3v) is 16.7. The molecule has 0 aliphatic carbocycles. The average Bonchev–Trinajstić information content (AvgIpc) is 1.77. The van der Waals surface area contributed by atoms with E-state index in [2.05, 4.69) is 39.3 Å². The van der Waals surface area contributed by atoms with Crippen molar-refractivity contribution in [3.8, 4) is 0 Å². The van der Waals surface area contributed by atoms with Crippen LogP contribution in [-0.4, -0.2) is 40.4 Å². The van der Waals surface area contributed by atoms with E-state index in [0.717, 1.165) is 10.5 Å². The van der Waals surface area contributed by atoms with Crippen LogP contribution in [0.5, 0.6) is 0 Å².